The molecule has 0 fully saturated rings. The topological polar surface area (TPSA) is 102 Å². The van der Waals surface area contributed by atoms with Crippen LogP contribution in [0.5, 0.6) is 0 Å². The largest absolute Gasteiger partial charge is 0.328 e. The molecule has 8 nitrogen and oxygen atoms in total. The van der Waals surface area contributed by atoms with Gasteiger partial charge < -0.3 is 5.32 Å². The van der Waals surface area contributed by atoms with E-state index in [9.17, 15) is 22.4 Å². The molecule has 1 aromatic heterocycles. The van der Waals surface area contributed by atoms with Gasteiger partial charge in [0, 0.05) is 25.7 Å². The molecule has 0 spiro atoms. The number of nitrogens with zero attached hydrogens (tertiary/aromatic N) is 2. The highest BCUT2D eigenvalue weighted by atomic mass is 32.2. The molecule has 3 aromatic carbocycles. The lowest BCUT2D eigenvalue weighted by Gasteiger charge is -2.11. The highest BCUT2D eigenvalue weighted by Crippen LogP contribution is 2.21. The van der Waals surface area contributed by atoms with Crippen molar-refractivity contribution in [1.82, 2.24) is 9.13 Å². The number of benzene rings is 3. The molecule has 0 unspecified atom stereocenters. The molecule has 33 heavy (non-hydrogen) atoms. The third kappa shape index (κ3) is 4.65. The average molecular weight is 469 g/mol. The van der Waals surface area contributed by atoms with Gasteiger partial charge >= 0.3 is 5.69 Å². The Morgan fingerprint density at radius 1 is 0.970 bits per heavy atom. The van der Waals surface area contributed by atoms with Crippen LogP contribution in [-0.2, 0) is 28.4 Å². The molecule has 1 heterocycles. The molecule has 0 bridgehead atoms. The summed E-state index contributed by atoms with van der Waals surface area (Å²) in [6, 6.07) is 18.4. The van der Waals surface area contributed by atoms with E-state index in [1.54, 1.807) is 13.1 Å². The predicted molar refractivity (Wildman–Crippen MR) is 124 cm³/mol. The molecular formula is C23H21FN4O4S. The van der Waals surface area contributed by atoms with Gasteiger partial charge in [-0.25, -0.2) is 17.6 Å². The molecule has 10 heteroatoms. The van der Waals surface area contributed by atoms with Crippen LogP contribution in [0.3, 0.4) is 0 Å². The number of amides is 1. The van der Waals surface area contributed by atoms with Crippen molar-refractivity contribution in [2.45, 2.75) is 17.9 Å². The summed E-state index contributed by atoms with van der Waals surface area (Å²) in [4.78, 5) is 24.8. The Bertz CT molecular complexity index is 1510. The second-order valence-corrected chi connectivity index (χ2v) is 9.08. The number of aryl methyl sites for hydroxylation is 2. The van der Waals surface area contributed by atoms with E-state index >= 15 is 0 Å². The number of carbonyl (C=O) groups excluding carboxylic acids is 1. The van der Waals surface area contributed by atoms with Crippen LogP contribution in [0, 0.1) is 5.82 Å². The van der Waals surface area contributed by atoms with Gasteiger partial charge in [0.05, 0.1) is 21.6 Å². The van der Waals surface area contributed by atoms with E-state index in [2.05, 4.69) is 10.0 Å². The third-order valence-corrected chi connectivity index (χ3v) is 6.52. The molecule has 0 atom stereocenters. The molecule has 2 N–H and O–H groups in total. The summed E-state index contributed by atoms with van der Waals surface area (Å²) in [5.41, 5.74) is 1.36. The summed E-state index contributed by atoms with van der Waals surface area (Å²) < 4.78 is 44.3. The van der Waals surface area contributed by atoms with Gasteiger partial charge in [0.15, 0.2) is 0 Å². The van der Waals surface area contributed by atoms with Crippen molar-refractivity contribution in [1.29, 1.82) is 0 Å². The minimum absolute atomic E-state index is 0.0123. The number of halogens is 1. The summed E-state index contributed by atoms with van der Waals surface area (Å²) in [5, 5.41) is 2.65. The molecule has 0 aliphatic rings. The molecule has 4 rings (SSSR count). The first-order chi connectivity index (χ1) is 15.8. The number of hydrogen-bond donors (Lipinski definition) is 2. The second-order valence-electron chi connectivity index (χ2n) is 7.39. The van der Waals surface area contributed by atoms with Gasteiger partial charge in [-0.1, -0.05) is 30.3 Å². The maximum atomic E-state index is 13.8. The quantitative estimate of drug-likeness (QED) is 0.434. The molecule has 0 radical (unpaired) electrons. The molecule has 0 aliphatic heterocycles. The van der Waals surface area contributed by atoms with Crippen molar-refractivity contribution in [3.63, 3.8) is 0 Å². The fourth-order valence-electron chi connectivity index (χ4n) is 3.50. The lowest BCUT2D eigenvalue weighted by molar-refractivity contribution is -0.116. The Morgan fingerprint density at radius 2 is 1.67 bits per heavy atom. The van der Waals surface area contributed by atoms with Gasteiger partial charge in [-0.3, -0.25) is 18.7 Å². The smallest absolute Gasteiger partial charge is 0.326 e. The molecule has 0 saturated carbocycles. The van der Waals surface area contributed by atoms with E-state index in [0.717, 1.165) is 17.1 Å². The lowest BCUT2D eigenvalue weighted by atomic mass is 10.3. The SMILES string of the molecule is Cn1c(=O)n(CCC(=O)Nc2cccc(S(=O)(=O)Nc3ccccc3F)c2)c2ccccc21. The summed E-state index contributed by atoms with van der Waals surface area (Å²) in [6.07, 6.45) is 0.0123. The monoisotopic (exact) mass is 468 g/mol. The minimum Gasteiger partial charge on any atom is -0.326 e. The first-order valence-electron chi connectivity index (χ1n) is 10.1. The van der Waals surface area contributed by atoms with Crippen molar-refractivity contribution in [2.75, 3.05) is 10.0 Å². The number of sulfonamides is 1. The fourth-order valence-corrected chi connectivity index (χ4v) is 4.62. The van der Waals surface area contributed by atoms with Gasteiger partial charge in [0.2, 0.25) is 5.91 Å². The van der Waals surface area contributed by atoms with Gasteiger partial charge in [-0.15, -0.1) is 0 Å². The van der Waals surface area contributed by atoms with Crippen molar-refractivity contribution >= 4 is 38.3 Å². The molecule has 1 amide bonds. The number of hydrogen-bond acceptors (Lipinski definition) is 4. The van der Waals surface area contributed by atoms with Gasteiger partial charge in [0.25, 0.3) is 10.0 Å². The van der Waals surface area contributed by atoms with Crippen LogP contribution in [0.2, 0.25) is 0 Å². The summed E-state index contributed by atoms with van der Waals surface area (Å²) in [5.74, 6) is -1.08. The van der Waals surface area contributed by atoms with Crippen LogP contribution in [0.4, 0.5) is 15.8 Å². The summed E-state index contributed by atoms with van der Waals surface area (Å²) in [7, 11) is -2.40. The number of aromatic nitrogens is 2. The molecular weight excluding hydrogens is 447 g/mol. The number of rotatable bonds is 7. The van der Waals surface area contributed by atoms with Crippen LogP contribution in [0.15, 0.2) is 82.5 Å². The Kier molecular flexibility index (Phi) is 6.01. The Hall–Kier alpha value is -3.92. The number of nitrogens with one attached hydrogen (secondary N) is 2. The van der Waals surface area contributed by atoms with Gasteiger partial charge in [-0.2, -0.15) is 0 Å². The first-order valence-corrected chi connectivity index (χ1v) is 11.6. The zero-order valence-corrected chi connectivity index (χ0v) is 18.5. The standard InChI is InChI=1S/C23H21FN4O4S/c1-27-20-11-4-5-12-21(20)28(23(27)30)14-13-22(29)25-16-7-6-8-17(15-16)33(31,32)26-19-10-3-2-9-18(19)24/h2-12,15,26H,13-14H2,1H3,(H,25,29). The minimum atomic E-state index is -4.07. The third-order valence-electron chi connectivity index (χ3n) is 5.16. The average Bonchev–Trinajstić information content (AvgIpc) is 3.04. The molecule has 4 aromatic rings. The van der Waals surface area contributed by atoms with Crippen molar-refractivity contribution in [3.8, 4) is 0 Å². The Labute approximate surface area is 189 Å². The normalized spacial score (nSPS) is 11.5. The zero-order chi connectivity index (χ0) is 23.6. The Morgan fingerprint density at radius 3 is 2.42 bits per heavy atom. The predicted octanol–water partition coefficient (Wildman–Crippen LogP) is 3.31. The highest BCUT2D eigenvalue weighted by Gasteiger charge is 2.17. The van der Waals surface area contributed by atoms with Crippen molar-refractivity contribution < 1.29 is 17.6 Å². The van der Waals surface area contributed by atoms with E-state index in [1.807, 2.05) is 24.3 Å². The van der Waals surface area contributed by atoms with Crippen LogP contribution in [-0.4, -0.2) is 23.5 Å². The molecule has 0 saturated heterocycles. The summed E-state index contributed by atoms with van der Waals surface area (Å²) in [6.45, 7) is 0.166. The Balaban J connectivity index is 1.47. The zero-order valence-electron chi connectivity index (χ0n) is 17.7. The fraction of sp³-hybridized carbons (Fsp3) is 0.130. The van der Waals surface area contributed by atoms with E-state index in [-0.39, 0.29) is 40.8 Å². The van der Waals surface area contributed by atoms with Crippen molar-refractivity contribution in [2.24, 2.45) is 7.05 Å². The van der Waals surface area contributed by atoms with E-state index in [0.29, 0.717) is 0 Å². The molecule has 0 aliphatic carbocycles. The van der Waals surface area contributed by atoms with Crippen LogP contribution in [0.1, 0.15) is 6.42 Å². The van der Waals surface area contributed by atoms with Gasteiger partial charge in [-0.05, 0) is 42.5 Å². The van der Waals surface area contributed by atoms with E-state index in [1.165, 1.54) is 45.5 Å². The maximum Gasteiger partial charge on any atom is 0.328 e. The molecule has 170 valence electrons. The summed E-state index contributed by atoms with van der Waals surface area (Å²) >= 11 is 0. The van der Waals surface area contributed by atoms with Crippen LogP contribution >= 0.6 is 0 Å². The van der Waals surface area contributed by atoms with Crippen LogP contribution < -0.4 is 15.7 Å². The maximum absolute atomic E-state index is 13.8. The number of fused-ring (bicyclic) bond motifs is 1. The highest BCUT2D eigenvalue weighted by molar-refractivity contribution is 7.92. The van der Waals surface area contributed by atoms with E-state index in [4.69, 9.17) is 0 Å². The number of carbonyl (C=O) groups is 1. The first kappa shape index (κ1) is 22.3. The van der Waals surface area contributed by atoms with Gasteiger partial charge in [0.1, 0.15) is 5.82 Å². The second kappa shape index (κ2) is 8.91. The van der Waals surface area contributed by atoms with Crippen LogP contribution in [0.25, 0.3) is 11.0 Å². The number of anilines is 2. The van der Waals surface area contributed by atoms with Crippen molar-refractivity contribution in [3.05, 3.63) is 89.1 Å². The number of imidazole rings is 1. The lowest BCUT2D eigenvalue weighted by Crippen LogP contribution is -2.24. The van der Waals surface area contributed by atoms with E-state index < -0.39 is 15.8 Å². The number of para-hydroxylation sites is 3.